The molecule has 9 nitrogen and oxygen atoms in total. The molecule has 11 heteroatoms. The molecule has 0 aromatic heterocycles. The van der Waals surface area contributed by atoms with Crippen molar-refractivity contribution < 1.29 is 19.4 Å². The summed E-state index contributed by atoms with van der Waals surface area (Å²) in [6.45, 7) is 1.68. The molecule has 3 aliphatic heterocycles. The summed E-state index contributed by atoms with van der Waals surface area (Å²) in [4.78, 5) is 33.5. The van der Waals surface area contributed by atoms with Crippen LogP contribution in [0.25, 0.3) is 0 Å². The average molecular weight is 654 g/mol. The topological polar surface area (TPSA) is 127 Å². The SMILES string of the molecule is N#CC1(c2ccc(OCCCC3SC(N4CCc5cccc(C(=O)NC6Nc7ccccc7S6)c5C4)=NC3C(=O)O)cc2)CCC1. The number of hydrogen-bond donors (Lipinski definition) is 3. The Labute approximate surface area is 276 Å². The van der Waals surface area contributed by atoms with Crippen molar-refractivity contribution in [3.63, 3.8) is 0 Å². The molecule has 0 radical (unpaired) electrons. The highest BCUT2D eigenvalue weighted by atomic mass is 32.2. The summed E-state index contributed by atoms with van der Waals surface area (Å²) in [5, 5.41) is 26.6. The zero-order valence-electron chi connectivity index (χ0n) is 25.3. The molecule has 4 aliphatic rings. The van der Waals surface area contributed by atoms with Crippen molar-refractivity contribution in [2.45, 2.75) is 72.2 Å². The van der Waals surface area contributed by atoms with Gasteiger partial charge in [-0.05, 0) is 85.5 Å². The number of nitrogens with one attached hydrogen (secondary N) is 2. The number of carbonyl (C=O) groups excluding carboxylic acids is 1. The van der Waals surface area contributed by atoms with Gasteiger partial charge in [-0.2, -0.15) is 5.26 Å². The van der Waals surface area contributed by atoms with E-state index in [0.29, 0.717) is 38.1 Å². The third kappa shape index (κ3) is 6.04. The molecular weight excluding hydrogens is 619 g/mol. The van der Waals surface area contributed by atoms with Gasteiger partial charge in [-0.25, -0.2) is 9.79 Å². The third-order valence-electron chi connectivity index (χ3n) is 9.31. The van der Waals surface area contributed by atoms with Crippen LogP contribution in [0.4, 0.5) is 5.69 Å². The van der Waals surface area contributed by atoms with Gasteiger partial charge >= 0.3 is 5.97 Å². The maximum absolute atomic E-state index is 13.5. The van der Waals surface area contributed by atoms with Gasteiger partial charge < -0.3 is 25.4 Å². The Hall–Kier alpha value is -4.14. The van der Waals surface area contributed by atoms with Crippen LogP contribution in [0.2, 0.25) is 0 Å². The quantitative estimate of drug-likeness (QED) is 0.238. The summed E-state index contributed by atoms with van der Waals surface area (Å²) in [6.07, 6.45) is 5.00. The maximum atomic E-state index is 13.5. The van der Waals surface area contributed by atoms with Gasteiger partial charge in [-0.15, -0.1) is 0 Å². The standard InChI is InChI=1S/C35H35N5O4S2/c36-21-35(16-5-17-35)23-11-13-24(14-12-23)44-19-4-10-29-30(32(42)43)38-34(46-29)40-18-15-22-6-3-7-25(26(22)20-40)31(41)39-33-37-27-8-1-2-9-28(27)45-33/h1-3,6-9,11-14,29-30,33,37H,4-5,10,15-20H2,(H,39,41)(H,42,43). The second-order valence-corrected chi connectivity index (χ2v) is 14.5. The van der Waals surface area contributed by atoms with Gasteiger partial charge in [0.15, 0.2) is 16.7 Å². The lowest BCUT2D eigenvalue weighted by Gasteiger charge is -2.35. The van der Waals surface area contributed by atoms with Crippen molar-refractivity contribution in [3.05, 3.63) is 89.0 Å². The van der Waals surface area contributed by atoms with Gasteiger partial charge in [-0.1, -0.05) is 59.9 Å². The molecule has 1 saturated carbocycles. The molecule has 1 fully saturated rings. The lowest BCUT2D eigenvalue weighted by atomic mass is 9.65. The number of aliphatic imine (C=N–C) groups is 1. The number of hydrogen-bond acceptors (Lipinski definition) is 9. The number of thioether (sulfide) groups is 2. The molecule has 1 amide bonds. The molecule has 0 spiro atoms. The van der Waals surface area contributed by atoms with Crippen molar-refractivity contribution >= 4 is 46.3 Å². The number of amidine groups is 1. The Kier molecular flexibility index (Phi) is 8.58. The number of carboxylic acids is 1. The molecule has 3 heterocycles. The number of rotatable bonds is 9. The second-order valence-electron chi connectivity index (χ2n) is 12.1. The number of nitrogens with zero attached hydrogens (tertiary/aromatic N) is 3. The smallest absolute Gasteiger partial charge is 0.329 e. The predicted octanol–water partition coefficient (Wildman–Crippen LogP) is 6.00. The van der Waals surface area contributed by atoms with Crippen LogP contribution in [-0.2, 0) is 23.2 Å². The maximum Gasteiger partial charge on any atom is 0.329 e. The van der Waals surface area contributed by atoms with Crippen molar-refractivity contribution in [1.29, 1.82) is 5.26 Å². The highest BCUT2D eigenvalue weighted by molar-refractivity contribution is 8.14. The van der Waals surface area contributed by atoms with Crippen LogP contribution < -0.4 is 15.4 Å². The fraction of sp³-hybridized carbons (Fsp3) is 0.371. The lowest BCUT2D eigenvalue weighted by molar-refractivity contribution is -0.138. The van der Waals surface area contributed by atoms with Crippen molar-refractivity contribution in [2.24, 2.45) is 4.99 Å². The Morgan fingerprint density at radius 1 is 1.11 bits per heavy atom. The molecule has 0 bridgehead atoms. The second kappa shape index (κ2) is 12.9. The minimum Gasteiger partial charge on any atom is -0.494 e. The molecule has 3 atom stereocenters. The summed E-state index contributed by atoms with van der Waals surface area (Å²) < 4.78 is 5.97. The molecular formula is C35H35N5O4S2. The summed E-state index contributed by atoms with van der Waals surface area (Å²) in [7, 11) is 0. The van der Waals surface area contributed by atoms with Crippen LogP contribution in [0, 0.1) is 11.3 Å². The summed E-state index contributed by atoms with van der Waals surface area (Å²) in [5.74, 6) is -0.312. The zero-order chi connectivity index (χ0) is 31.7. The Balaban J connectivity index is 0.947. The molecule has 1 aliphatic carbocycles. The van der Waals surface area contributed by atoms with E-state index in [1.807, 2.05) is 60.7 Å². The fourth-order valence-electron chi connectivity index (χ4n) is 6.57. The van der Waals surface area contributed by atoms with E-state index in [-0.39, 0.29) is 22.1 Å². The molecule has 46 heavy (non-hydrogen) atoms. The summed E-state index contributed by atoms with van der Waals surface area (Å²) in [6, 6.07) is 23.3. The predicted molar refractivity (Wildman–Crippen MR) is 180 cm³/mol. The van der Waals surface area contributed by atoms with Crippen molar-refractivity contribution in [1.82, 2.24) is 10.2 Å². The van der Waals surface area contributed by atoms with E-state index in [1.54, 1.807) is 11.8 Å². The molecule has 236 valence electrons. The van der Waals surface area contributed by atoms with Crippen LogP contribution >= 0.6 is 23.5 Å². The van der Waals surface area contributed by atoms with E-state index >= 15 is 0 Å². The number of fused-ring (bicyclic) bond motifs is 2. The summed E-state index contributed by atoms with van der Waals surface area (Å²) >= 11 is 3.10. The number of carbonyl (C=O) groups is 2. The number of ether oxygens (including phenoxy) is 1. The molecule has 3 aromatic carbocycles. The molecule has 3 unspecified atom stereocenters. The van der Waals surface area contributed by atoms with Crippen molar-refractivity contribution in [2.75, 3.05) is 18.5 Å². The Bertz CT molecular complexity index is 1690. The number of benzene rings is 3. The van der Waals surface area contributed by atoms with Crippen LogP contribution in [0.1, 0.15) is 59.2 Å². The first-order chi connectivity index (χ1) is 22.4. The van der Waals surface area contributed by atoms with Crippen molar-refractivity contribution in [3.8, 4) is 11.8 Å². The van der Waals surface area contributed by atoms with Crippen LogP contribution in [-0.4, -0.2) is 57.0 Å². The van der Waals surface area contributed by atoms with E-state index < -0.39 is 12.0 Å². The monoisotopic (exact) mass is 653 g/mol. The van der Waals surface area contributed by atoms with Gasteiger partial charge in [-0.3, -0.25) is 4.79 Å². The van der Waals surface area contributed by atoms with Gasteiger partial charge in [0.25, 0.3) is 5.91 Å². The number of anilines is 1. The Morgan fingerprint density at radius 3 is 2.67 bits per heavy atom. The lowest BCUT2D eigenvalue weighted by Crippen LogP contribution is -2.39. The largest absolute Gasteiger partial charge is 0.494 e. The van der Waals surface area contributed by atoms with Gasteiger partial charge in [0.2, 0.25) is 0 Å². The van der Waals surface area contributed by atoms with Gasteiger partial charge in [0.1, 0.15) is 5.75 Å². The van der Waals surface area contributed by atoms with Crippen LogP contribution in [0.5, 0.6) is 5.75 Å². The van der Waals surface area contributed by atoms with E-state index in [9.17, 15) is 20.0 Å². The van der Waals surface area contributed by atoms with Gasteiger partial charge in [0.05, 0.1) is 23.8 Å². The van der Waals surface area contributed by atoms with Gasteiger partial charge in [0, 0.05) is 28.8 Å². The number of amides is 1. The molecule has 3 N–H and O–H groups in total. The molecule has 3 aromatic rings. The number of nitriles is 1. The first-order valence-electron chi connectivity index (χ1n) is 15.7. The Morgan fingerprint density at radius 2 is 1.93 bits per heavy atom. The van der Waals surface area contributed by atoms with E-state index in [0.717, 1.165) is 63.9 Å². The number of para-hydroxylation sites is 1. The van der Waals surface area contributed by atoms with E-state index in [4.69, 9.17) is 4.74 Å². The highest BCUT2D eigenvalue weighted by Crippen LogP contribution is 2.43. The third-order valence-corrected chi connectivity index (χ3v) is 11.8. The first kappa shape index (κ1) is 30.5. The van der Waals surface area contributed by atoms with Crippen LogP contribution in [0.3, 0.4) is 0 Å². The minimum absolute atomic E-state index is 0.138. The number of carboxylic acid groups (broad SMARTS) is 1. The normalized spacial score (nSPS) is 22.4. The number of aliphatic carboxylic acids is 1. The van der Waals surface area contributed by atoms with E-state index in [1.165, 1.54) is 11.8 Å². The average Bonchev–Trinajstić information content (AvgIpc) is 3.67. The minimum atomic E-state index is -0.925. The first-order valence-corrected chi connectivity index (χ1v) is 17.5. The molecule has 7 rings (SSSR count). The van der Waals surface area contributed by atoms with Crippen LogP contribution in [0.15, 0.2) is 76.6 Å². The summed E-state index contributed by atoms with van der Waals surface area (Å²) in [5.41, 5.74) is 4.20. The molecule has 0 saturated heterocycles. The van der Waals surface area contributed by atoms with E-state index in [2.05, 4.69) is 32.7 Å². The highest BCUT2D eigenvalue weighted by Gasteiger charge is 2.39. The fourth-order valence-corrected chi connectivity index (χ4v) is 8.92. The zero-order valence-corrected chi connectivity index (χ0v) is 26.9.